The normalized spacial score (nSPS) is 11.1. The van der Waals surface area contributed by atoms with Crippen LogP contribution in [-0.4, -0.2) is 68.3 Å². The fraction of sp³-hybridized carbons (Fsp3) is 0.385. The molecule has 0 amide bonds. The van der Waals surface area contributed by atoms with Gasteiger partial charge >= 0.3 is 6.01 Å². The predicted octanol–water partition coefficient (Wildman–Crippen LogP) is 3.52. The van der Waals surface area contributed by atoms with E-state index in [0.717, 1.165) is 22.8 Å². The second-order valence-electron chi connectivity index (χ2n) is 7.78. The minimum Gasteiger partial charge on any atom is -0.463 e. The highest BCUT2D eigenvalue weighted by Gasteiger charge is 2.13. The molecule has 3 aromatic rings. The summed E-state index contributed by atoms with van der Waals surface area (Å²) in [6.45, 7) is 5.42. The van der Waals surface area contributed by atoms with Crippen LogP contribution in [0, 0.1) is 6.92 Å². The Kier molecular flexibility index (Phi) is 10.4. The highest BCUT2D eigenvalue weighted by atomic mass is 16.5. The number of pyridine rings is 1. The van der Waals surface area contributed by atoms with E-state index in [1.54, 1.807) is 20.4 Å². The van der Waals surface area contributed by atoms with Gasteiger partial charge in [0.2, 0.25) is 0 Å². The molecule has 0 saturated heterocycles. The Bertz CT molecular complexity index is 1020. The minimum absolute atomic E-state index is 0.328. The maximum absolute atomic E-state index is 5.93. The van der Waals surface area contributed by atoms with Crippen molar-refractivity contribution in [3.05, 3.63) is 77.2 Å². The van der Waals surface area contributed by atoms with Gasteiger partial charge in [-0.1, -0.05) is 35.9 Å². The van der Waals surface area contributed by atoms with Gasteiger partial charge < -0.3 is 19.1 Å². The molecule has 0 bridgehead atoms. The standard InChI is InChI=1S/C26H33N5O3/c1-21-7-6-8-22(17-21)19-27-20-24-18-25(31(12-15-32-2)13-16-33-3)30-26(29-24)34-14-10-23-9-4-5-11-28-23/h4-9,11,17-19H,10,12-16,20H2,1-3H3. The molecule has 0 aliphatic carbocycles. The Balaban J connectivity index is 1.77. The number of hydrogen-bond donors (Lipinski definition) is 0. The van der Waals surface area contributed by atoms with Gasteiger partial charge in [0.05, 0.1) is 32.1 Å². The largest absolute Gasteiger partial charge is 0.463 e. The van der Waals surface area contributed by atoms with Crippen LogP contribution >= 0.6 is 0 Å². The van der Waals surface area contributed by atoms with Crippen molar-refractivity contribution in [3.63, 3.8) is 0 Å². The third-order valence-corrected chi connectivity index (χ3v) is 5.05. The zero-order valence-electron chi connectivity index (χ0n) is 20.2. The van der Waals surface area contributed by atoms with E-state index in [0.29, 0.717) is 51.9 Å². The lowest BCUT2D eigenvalue weighted by molar-refractivity contribution is 0.189. The van der Waals surface area contributed by atoms with Crippen molar-refractivity contribution in [3.8, 4) is 6.01 Å². The Morgan fingerprint density at radius 2 is 1.74 bits per heavy atom. The van der Waals surface area contributed by atoms with Crippen molar-refractivity contribution in [1.82, 2.24) is 15.0 Å². The van der Waals surface area contributed by atoms with Crippen molar-refractivity contribution < 1.29 is 14.2 Å². The van der Waals surface area contributed by atoms with Gasteiger partial charge in [0.1, 0.15) is 5.82 Å². The maximum atomic E-state index is 5.93. The number of aryl methyl sites for hydroxylation is 1. The number of anilines is 1. The van der Waals surface area contributed by atoms with E-state index in [4.69, 9.17) is 14.2 Å². The van der Waals surface area contributed by atoms with Gasteiger partial charge in [-0.3, -0.25) is 9.98 Å². The molecule has 0 N–H and O–H groups in total. The second-order valence-corrected chi connectivity index (χ2v) is 7.78. The van der Waals surface area contributed by atoms with Crippen LogP contribution in [0.5, 0.6) is 6.01 Å². The summed E-state index contributed by atoms with van der Waals surface area (Å²) in [4.78, 5) is 20.3. The summed E-state index contributed by atoms with van der Waals surface area (Å²) in [6.07, 6.45) is 4.32. The first kappa shape index (κ1) is 25.3. The van der Waals surface area contributed by atoms with E-state index >= 15 is 0 Å². The third kappa shape index (κ3) is 8.53. The van der Waals surface area contributed by atoms with Crippen molar-refractivity contribution in [2.75, 3.05) is 52.0 Å². The molecule has 0 radical (unpaired) electrons. The van der Waals surface area contributed by atoms with Crippen LogP contribution in [0.25, 0.3) is 0 Å². The molecule has 0 atom stereocenters. The van der Waals surface area contributed by atoms with Crippen LogP contribution in [0.2, 0.25) is 0 Å². The van der Waals surface area contributed by atoms with Gasteiger partial charge in [0.25, 0.3) is 0 Å². The van der Waals surface area contributed by atoms with Crippen LogP contribution in [0.1, 0.15) is 22.5 Å². The van der Waals surface area contributed by atoms with Crippen molar-refractivity contribution in [2.24, 2.45) is 4.99 Å². The molecule has 2 aromatic heterocycles. The first-order valence-electron chi connectivity index (χ1n) is 11.4. The minimum atomic E-state index is 0.328. The molecule has 0 saturated carbocycles. The van der Waals surface area contributed by atoms with Gasteiger partial charge in [0, 0.05) is 57.9 Å². The van der Waals surface area contributed by atoms with E-state index < -0.39 is 0 Å². The van der Waals surface area contributed by atoms with E-state index in [-0.39, 0.29) is 0 Å². The number of rotatable bonds is 14. The SMILES string of the molecule is COCCN(CCOC)c1cc(CN=Cc2cccc(C)c2)nc(OCCc2ccccn2)n1. The summed E-state index contributed by atoms with van der Waals surface area (Å²) in [5.41, 5.74) is 4.00. The third-order valence-electron chi connectivity index (χ3n) is 5.05. The van der Waals surface area contributed by atoms with Crippen LogP contribution in [0.15, 0.2) is 59.7 Å². The van der Waals surface area contributed by atoms with E-state index in [2.05, 4.69) is 43.9 Å². The molecule has 1 aromatic carbocycles. The summed E-state index contributed by atoms with van der Waals surface area (Å²) >= 11 is 0. The Labute approximate surface area is 201 Å². The molecule has 8 nitrogen and oxygen atoms in total. The fourth-order valence-corrected chi connectivity index (χ4v) is 3.30. The van der Waals surface area contributed by atoms with Gasteiger partial charge in [-0.05, 0) is 24.6 Å². The molecule has 8 heteroatoms. The zero-order valence-corrected chi connectivity index (χ0v) is 20.2. The highest BCUT2D eigenvalue weighted by Crippen LogP contribution is 2.18. The number of ether oxygens (including phenoxy) is 3. The Morgan fingerprint density at radius 1 is 0.912 bits per heavy atom. The lowest BCUT2D eigenvalue weighted by Crippen LogP contribution is -2.31. The number of aromatic nitrogens is 3. The first-order valence-corrected chi connectivity index (χ1v) is 11.4. The Morgan fingerprint density at radius 3 is 2.44 bits per heavy atom. The molecule has 180 valence electrons. The van der Waals surface area contributed by atoms with Crippen molar-refractivity contribution in [2.45, 2.75) is 19.9 Å². The van der Waals surface area contributed by atoms with Crippen molar-refractivity contribution >= 4 is 12.0 Å². The maximum Gasteiger partial charge on any atom is 0.318 e. The molecule has 34 heavy (non-hydrogen) atoms. The molecular weight excluding hydrogens is 430 g/mol. The van der Waals surface area contributed by atoms with E-state index in [1.165, 1.54) is 5.56 Å². The first-order chi connectivity index (χ1) is 16.7. The number of hydrogen-bond acceptors (Lipinski definition) is 8. The monoisotopic (exact) mass is 463 g/mol. The molecule has 0 aliphatic rings. The number of nitrogens with zero attached hydrogens (tertiary/aromatic N) is 5. The summed E-state index contributed by atoms with van der Waals surface area (Å²) in [6, 6.07) is 16.3. The molecule has 0 unspecified atom stereocenters. The summed E-state index contributed by atoms with van der Waals surface area (Å²) < 4.78 is 16.5. The van der Waals surface area contributed by atoms with Crippen LogP contribution < -0.4 is 9.64 Å². The summed E-state index contributed by atoms with van der Waals surface area (Å²) in [5, 5.41) is 0. The van der Waals surface area contributed by atoms with E-state index in [1.807, 2.05) is 42.6 Å². The lowest BCUT2D eigenvalue weighted by Gasteiger charge is -2.23. The molecular formula is C26H33N5O3. The average molecular weight is 464 g/mol. The molecule has 2 heterocycles. The zero-order chi connectivity index (χ0) is 24.0. The highest BCUT2D eigenvalue weighted by molar-refractivity contribution is 5.79. The lowest BCUT2D eigenvalue weighted by atomic mass is 10.1. The summed E-state index contributed by atoms with van der Waals surface area (Å²) in [5.74, 6) is 0.762. The average Bonchev–Trinajstić information content (AvgIpc) is 2.85. The van der Waals surface area contributed by atoms with Crippen LogP contribution in [-0.2, 0) is 22.4 Å². The molecule has 3 rings (SSSR count). The van der Waals surface area contributed by atoms with Gasteiger partial charge in [-0.15, -0.1) is 0 Å². The number of benzene rings is 1. The smallest absolute Gasteiger partial charge is 0.318 e. The van der Waals surface area contributed by atoms with Gasteiger partial charge in [-0.25, -0.2) is 0 Å². The van der Waals surface area contributed by atoms with Gasteiger partial charge in [-0.2, -0.15) is 9.97 Å². The second kappa shape index (κ2) is 14.0. The number of aliphatic imine (C=N–C) groups is 1. The number of methoxy groups -OCH3 is 2. The molecule has 0 aliphatic heterocycles. The van der Waals surface area contributed by atoms with Crippen LogP contribution in [0.4, 0.5) is 5.82 Å². The quantitative estimate of drug-likeness (QED) is 0.338. The molecule has 0 spiro atoms. The van der Waals surface area contributed by atoms with Gasteiger partial charge in [0.15, 0.2) is 0 Å². The topological polar surface area (TPSA) is 82.0 Å². The summed E-state index contributed by atoms with van der Waals surface area (Å²) in [7, 11) is 3.37. The Hall–Kier alpha value is -3.36. The molecule has 0 fully saturated rings. The predicted molar refractivity (Wildman–Crippen MR) is 134 cm³/mol. The van der Waals surface area contributed by atoms with Crippen molar-refractivity contribution in [1.29, 1.82) is 0 Å². The van der Waals surface area contributed by atoms with E-state index in [9.17, 15) is 0 Å². The fourth-order valence-electron chi connectivity index (χ4n) is 3.30. The van der Waals surface area contributed by atoms with Crippen LogP contribution in [0.3, 0.4) is 0 Å².